The summed E-state index contributed by atoms with van der Waals surface area (Å²) in [5, 5.41) is 12.6. The van der Waals surface area contributed by atoms with Gasteiger partial charge < -0.3 is 14.8 Å². The zero-order valence-corrected chi connectivity index (χ0v) is 18.8. The third kappa shape index (κ3) is 4.11. The average Bonchev–Trinajstić information content (AvgIpc) is 3.52. The first-order valence-electron chi connectivity index (χ1n) is 11.3. The monoisotopic (exact) mass is 466 g/mol. The van der Waals surface area contributed by atoms with Crippen LogP contribution in [-0.4, -0.2) is 41.0 Å². The third-order valence-electron chi connectivity index (χ3n) is 6.92. The van der Waals surface area contributed by atoms with Crippen molar-refractivity contribution in [2.24, 2.45) is 11.8 Å². The number of nitrogens with one attached hydrogen (secondary N) is 1. The molecule has 1 saturated carbocycles. The molecule has 2 aromatic carbocycles. The quantitative estimate of drug-likeness (QED) is 0.571. The van der Waals surface area contributed by atoms with E-state index in [1.54, 1.807) is 0 Å². The average molecular weight is 467 g/mol. The van der Waals surface area contributed by atoms with E-state index in [0.29, 0.717) is 41.0 Å². The second-order valence-electron chi connectivity index (χ2n) is 9.11. The van der Waals surface area contributed by atoms with Crippen molar-refractivity contribution < 1.29 is 13.9 Å². The van der Waals surface area contributed by atoms with Crippen LogP contribution in [-0.2, 0) is 6.54 Å². The summed E-state index contributed by atoms with van der Waals surface area (Å²) in [6, 6.07) is 14.5. The highest BCUT2D eigenvalue weighted by molar-refractivity contribution is 6.33. The summed E-state index contributed by atoms with van der Waals surface area (Å²) in [5.41, 5.74) is 2.31. The molecule has 1 unspecified atom stereocenters. The first-order chi connectivity index (χ1) is 16.1. The summed E-state index contributed by atoms with van der Waals surface area (Å²) in [4.78, 5) is 2.53. The summed E-state index contributed by atoms with van der Waals surface area (Å²) in [5.74, 6) is 3.50. The van der Waals surface area contributed by atoms with Gasteiger partial charge in [0.05, 0.1) is 10.7 Å². The van der Waals surface area contributed by atoms with Crippen LogP contribution in [0, 0.1) is 17.7 Å². The molecule has 1 N–H and O–H groups in total. The molecule has 3 atom stereocenters. The van der Waals surface area contributed by atoms with E-state index in [1.807, 2.05) is 24.3 Å². The van der Waals surface area contributed by atoms with E-state index in [2.05, 4.69) is 26.5 Å². The zero-order valence-electron chi connectivity index (χ0n) is 18.0. The lowest BCUT2D eigenvalue weighted by atomic mass is 10.0. The van der Waals surface area contributed by atoms with Gasteiger partial charge in [-0.25, -0.2) is 4.39 Å². The normalized spacial score (nSPS) is 23.6. The van der Waals surface area contributed by atoms with Gasteiger partial charge in [-0.2, -0.15) is 0 Å². The number of rotatable bonds is 5. The lowest BCUT2D eigenvalue weighted by Crippen LogP contribution is -2.25. The molecule has 6 nitrogen and oxygen atoms in total. The van der Waals surface area contributed by atoms with Crippen molar-refractivity contribution in [1.29, 1.82) is 0 Å². The smallest absolute Gasteiger partial charge is 0.231 e. The van der Waals surface area contributed by atoms with Crippen molar-refractivity contribution in [2.45, 2.75) is 25.4 Å². The van der Waals surface area contributed by atoms with Crippen LogP contribution in [0.4, 0.5) is 10.2 Å². The Bertz CT molecular complexity index is 1160. The van der Waals surface area contributed by atoms with Gasteiger partial charge in [0, 0.05) is 36.8 Å². The van der Waals surface area contributed by atoms with Gasteiger partial charge in [-0.15, -0.1) is 10.2 Å². The minimum Gasteiger partial charge on any atom is -0.454 e. The van der Waals surface area contributed by atoms with E-state index in [-0.39, 0.29) is 5.82 Å². The SMILES string of the molecule is Fc1ccc(Cl)c(-c2ccc(NC3C[C@@H]4CN(Cc5cccc6c5OCO6)C[C@@H]4C3)nn2)c1. The molecular formula is C25H24ClFN4O2. The van der Waals surface area contributed by atoms with Crippen molar-refractivity contribution >= 4 is 17.4 Å². The van der Waals surface area contributed by atoms with Crippen LogP contribution in [0.5, 0.6) is 11.5 Å². The summed E-state index contributed by atoms with van der Waals surface area (Å²) in [6.07, 6.45) is 2.24. The summed E-state index contributed by atoms with van der Waals surface area (Å²) >= 11 is 6.19. The Hall–Kier alpha value is -2.90. The molecule has 0 amide bonds. The Morgan fingerprint density at radius 2 is 1.88 bits per heavy atom. The van der Waals surface area contributed by atoms with E-state index in [1.165, 1.54) is 23.8 Å². The predicted octanol–water partition coefficient (Wildman–Crippen LogP) is 4.99. The number of hydrogen-bond donors (Lipinski definition) is 1. The number of anilines is 1. The minimum absolute atomic E-state index is 0.310. The van der Waals surface area contributed by atoms with Gasteiger partial charge in [0.2, 0.25) is 6.79 Å². The van der Waals surface area contributed by atoms with Crippen LogP contribution in [0.1, 0.15) is 18.4 Å². The number of para-hydroxylation sites is 1. The predicted molar refractivity (Wildman–Crippen MR) is 124 cm³/mol. The van der Waals surface area contributed by atoms with Crippen molar-refractivity contribution in [3.63, 3.8) is 0 Å². The molecule has 3 aromatic rings. The van der Waals surface area contributed by atoms with Crippen LogP contribution in [0.3, 0.4) is 0 Å². The second kappa shape index (κ2) is 8.47. The Morgan fingerprint density at radius 1 is 1.03 bits per heavy atom. The van der Waals surface area contributed by atoms with Gasteiger partial charge >= 0.3 is 0 Å². The molecule has 3 heterocycles. The molecule has 1 aliphatic carbocycles. The number of benzene rings is 2. The second-order valence-corrected chi connectivity index (χ2v) is 9.51. The molecule has 170 valence electrons. The van der Waals surface area contributed by atoms with E-state index < -0.39 is 0 Å². The fourth-order valence-electron chi connectivity index (χ4n) is 5.46. The summed E-state index contributed by atoms with van der Waals surface area (Å²) < 4.78 is 24.7. The number of halogens is 2. The van der Waals surface area contributed by atoms with Gasteiger partial charge in [-0.3, -0.25) is 4.90 Å². The van der Waals surface area contributed by atoms with E-state index in [4.69, 9.17) is 21.1 Å². The van der Waals surface area contributed by atoms with Crippen LogP contribution in [0.15, 0.2) is 48.5 Å². The van der Waals surface area contributed by atoms with Crippen LogP contribution >= 0.6 is 11.6 Å². The molecule has 8 heteroatoms. The highest BCUT2D eigenvalue weighted by Gasteiger charge is 2.41. The molecule has 3 aliphatic rings. The lowest BCUT2D eigenvalue weighted by Gasteiger charge is -2.20. The standard InChI is InChI=1S/C25H24ClFN4O2/c26-21-5-4-18(27)10-20(21)22-6-7-24(30-29-22)28-19-8-16-12-31(13-17(16)9-19)11-15-2-1-3-23-25(15)33-14-32-23/h1-7,10,16-17,19H,8-9,11-14H2,(H,28,30)/t16-,17+,19?. The minimum atomic E-state index is -0.345. The van der Waals surface area contributed by atoms with Gasteiger partial charge in [-0.1, -0.05) is 23.7 Å². The molecule has 6 rings (SSSR count). The molecule has 33 heavy (non-hydrogen) atoms. The summed E-state index contributed by atoms with van der Waals surface area (Å²) in [7, 11) is 0. The van der Waals surface area contributed by atoms with Crippen LogP contribution in [0.2, 0.25) is 5.02 Å². The van der Waals surface area contributed by atoms with E-state index in [9.17, 15) is 4.39 Å². The van der Waals surface area contributed by atoms with E-state index >= 15 is 0 Å². The molecular weight excluding hydrogens is 443 g/mol. The first-order valence-corrected chi connectivity index (χ1v) is 11.7. The van der Waals surface area contributed by atoms with Crippen molar-refractivity contribution in [3.05, 3.63) is 64.9 Å². The molecule has 0 radical (unpaired) electrons. The molecule has 1 aromatic heterocycles. The van der Waals surface area contributed by atoms with E-state index in [0.717, 1.165) is 49.8 Å². The Balaban J connectivity index is 1.05. The largest absolute Gasteiger partial charge is 0.454 e. The van der Waals surface area contributed by atoms with Crippen molar-refractivity contribution in [1.82, 2.24) is 15.1 Å². The Morgan fingerprint density at radius 3 is 2.67 bits per heavy atom. The highest BCUT2D eigenvalue weighted by atomic mass is 35.5. The highest BCUT2D eigenvalue weighted by Crippen LogP contribution is 2.41. The van der Waals surface area contributed by atoms with Gasteiger partial charge in [0.25, 0.3) is 0 Å². The van der Waals surface area contributed by atoms with Crippen LogP contribution in [0.25, 0.3) is 11.3 Å². The number of aromatic nitrogens is 2. The van der Waals surface area contributed by atoms with Crippen molar-refractivity contribution in [3.8, 4) is 22.8 Å². The first kappa shape index (κ1) is 20.7. The Kier molecular flexibility index (Phi) is 5.31. The van der Waals surface area contributed by atoms with Gasteiger partial charge in [0.15, 0.2) is 11.5 Å². The fraction of sp³-hybridized carbons (Fsp3) is 0.360. The number of ether oxygens (including phenoxy) is 2. The number of hydrogen-bond acceptors (Lipinski definition) is 6. The maximum Gasteiger partial charge on any atom is 0.231 e. The number of nitrogens with zero attached hydrogens (tertiary/aromatic N) is 3. The molecule has 2 aliphatic heterocycles. The molecule has 0 bridgehead atoms. The topological polar surface area (TPSA) is 59.5 Å². The zero-order chi connectivity index (χ0) is 22.4. The maximum atomic E-state index is 13.6. The Labute approximate surface area is 196 Å². The van der Waals surface area contributed by atoms with Gasteiger partial charge in [0.1, 0.15) is 11.6 Å². The maximum absolute atomic E-state index is 13.6. The van der Waals surface area contributed by atoms with Crippen molar-refractivity contribution in [2.75, 3.05) is 25.2 Å². The molecule has 2 fully saturated rings. The summed E-state index contributed by atoms with van der Waals surface area (Å²) in [6.45, 7) is 3.39. The molecule has 1 saturated heterocycles. The van der Waals surface area contributed by atoms with Crippen LogP contribution < -0.4 is 14.8 Å². The number of fused-ring (bicyclic) bond motifs is 2. The fourth-order valence-corrected chi connectivity index (χ4v) is 5.67. The number of likely N-dealkylation sites (tertiary alicyclic amines) is 1. The third-order valence-corrected chi connectivity index (χ3v) is 7.25. The molecule has 0 spiro atoms. The van der Waals surface area contributed by atoms with Gasteiger partial charge in [-0.05, 0) is 61.1 Å². The lowest BCUT2D eigenvalue weighted by molar-refractivity contribution is 0.172.